The summed E-state index contributed by atoms with van der Waals surface area (Å²) in [6.45, 7) is 1.84. The molecule has 0 radical (unpaired) electrons. The molecule has 0 bridgehead atoms. The Hall–Kier alpha value is -1.83. The van der Waals surface area contributed by atoms with Gasteiger partial charge in [0.25, 0.3) is 0 Å². The number of hydrogen-bond acceptors (Lipinski definition) is 5. The first kappa shape index (κ1) is 17.0. The maximum absolute atomic E-state index is 12.3. The van der Waals surface area contributed by atoms with Gasteiger partial charge in [-0.15, -0.1) is 21.5 Å². The standard InChI is InChI=1S/C16H15ClN4OS2/c1-10(15(22)18-12-6-3-5-11(17)9-12)24-16-20-19-14(21(16)2)13-7-4-8-23-13/h3-10H,1-2H3,(H,18,22). The molecule has 0 fully saturated rings. The number of thiophene rings is 1. The number of anilines is 1. The number of amides is 1. The Morgan fingerprint density at radius 1 is 1.33 bits per heavy atom. The Labute approximate surface area is 153 Å². The Kier molecular flexibility index (Phi) is 5.23. The first-order valence-electron chi connectivity index (χ1n) is 7.21. The van der Waals surface area contributed by atoms with Gasteiger partial charge in [-0.3, -0.25) is 4.79 Å². The second kappa shape index (κ2) is 7.38. The summed E-state index contributed by atoms with van der Waals surface area (Å²) in [4.78, 5) is 13.4. The number of nitrogens with one attached hydrogen (secondary N) is 1. The molecule has 0 aliphatic carbocycles. The van der Waals surface area contributed by atoms with Gasteiger partial charge in [0.15, 0.2) is 11.0 Å². The number of carbonyl (C=O) groups excluding carboxylic acids is 1. The molecule has 5 nitrogen and oxygen atoms in total. The Bertz CT molecular complexity index is 848. The molecule has 8 heteroatoms. The molecule has 124 valence electrons. The van der Waals surface area contributed by atoms with Gasteiger partial charge in [0, 0.05) is 17.8 Å². The molecule has 1 aromatic carbocycles. The minimum absolute atomic E-state index is 0.108. The molecule has 3 rings (SSSR count). The lowest BCUT2D eigenvalue weighted by Crippen LogP contribution is -2.22. The number of rotatable bonds is 5. The summed E-state index contributed by atoms with van der Waals surface area (Å²) in [5.74, 6) is 0.692. The zero-order valence-corrected chi connectivity index (χ0v) is 15.5. The van der Waals surface area contributed by atoms with Crippen molar-refractivity contribution in [2.75, 3.05) is 5.32 Å². The van der Waals surface area contributed by atoms with Crippen molar-refractivity contribution >= 4 is 46.3 Å². The minimum atomic E-state index is -0.317. The van der Waals surface area contributed by atoms with Gasteiger partial charge < -0.3 is 9.88 Å². The third kappa shape index (κ3) is 3.80. The number of benzene rings is 1. The van der Waals surface area contributed by atoms with E-state index < -0.39 is 0 Å². The van der Waals surface area contributed by atoms with Gasteiger partial charge in [0.1, 0.15) is 0 Å². The van der Waals surface area contributed by atoms with E-state index in [-0.39, 0.29) is 11.2 Å². The van der Waals surface area contributed by atoms with Crippen LogP contribution in [0.1, 0.15) is 6.92 Å². The fourth-order valence-electron chi connectivity index (χ4n) is 2.06. The number of hydrogen-bond donors (Lipinski definition) is 1. The van der Waals surface area contributed by atoms with E-state index in [0.717, 1.165) is 10.7 Å². The van der Waals surface area contributed by atoms with E-state index in [9.17, 15) is 4.79 Å². The van der Waals surface area contributed by atoms with E-state index in [4.69, 9.17) is 11.6 Å². The SMILES string of the molecule is CC(Sc1nnc(-c2cccs2)n1C)C(=O)Nc1cccc(Cl)c1. The molecule has 1 N–H and O–H groups in total. The number of aromatic nitrogens is 3. The van der Waals surface area contributed by atoms with Crippen LogP contribution in [0, 0.1) is 0 Å². The van der Waals surface area contributed by atoms with E-state index >= 15 is 0 Å². The largest absolute Gasteiger partial charge is 0.325 e. The maximum atomic E-state index is 12.3. The van der Waals surface area contributed by atoms with Crippen LogP contribution in [-0.4, -0.2) is 25.9 Å². The topological polar surface area (TPSA) is 59.8 Å². The second-order valence-corrected chi connectivity index (χ2v) is 7.79. The van der Waals surface area contributed by atoms with E-state index in [2.05, 4.69) is 15.5 Å². The third-order valence-corrected chi connectivity index (χ3v) is 5.55. The van der Waals surface area contributed by atoms with Gasteiger partial charge in [-0.25, -0.2) is 0 Å². The molecular weight excluding hydrogens is 364 g/mol. The van der Waals surface area contributed by atoms with Gasteiger partial charge in [0.2, 0.25) is 5.91 Å². The van der Waals surface area contributed by atoms with Crippen molar-refractivity contribution in [3.8, 4) is 10.7 Å². The molecule has 0 spiro atoms. The first-order chi connectivity index (χ1) is 11.5. The number of carbonyl (C=O) groups is 1. The van der Waals surface area contributed by atoms with E-state index in [1.165, 1.54) is 11.8 Å². The first-order valence-corrected chi connectivity index (χ1v) is 9.34. The summed E-state index contributed by atoms with van der Waals surface area (Å²) >= 11 is 8.91. The fourth-order valence-corrected chi connectivity index (χ4v) is 3.81. The van der Waals surface area contributed by atoms with Crippen molar-refractivity contribution in [3.63, 3.8) is 0 Å². The maximum Gasteiger partial charge on any atom is 0.237 e. The average Bonchev–Trinajstić information content (AvgIpc) is 3.18. The normalized spacial score (nSPS) is 12.1. The average molecular weight is 379 g/mol. The van der Waals surface area contributed by atoms with Crippen LogP contribution in [0.25, 0.3) is 10.7 Å². The number of thioether (sulfide) groups is 1. The van der Waals surface area contributed by atoms with Crippen molar-refractivity contribution < 1.29 is 4.79 Å². The minimum Gasteiger partial charge on any atom is -0.325 e. The van der Waals surface area contributed by atoms with Crippen LogP contribution in [0.15, 0.2) is 46.9 Å². The Balaban J connectivity index is 1.68. The zero-order chi connectivity index (χ0) is 17.1. The van der Waals surface area contributed by atoms with Crippen LogP contribution in [0.2, 0.25) is 5.02 Å². The van der Waals surface area contributed by atoms with Crippen molar-refractivity contribution in [3.05, 3.63) is 46.8 Å². The van der Waals surface area contributed by atoms with Crippen LogP contribution in [0.3, 0.4) is 0 Å². The molecule has 1 unspecified atom stereocenters. The predicted molar refractivity (Wildman–Crippen MR) is 99.7 cm³/mol. The van der Waals surface area contributed by atoms with Gasteiger partial charge in [-0.1, -0.05) is 35.5 Å². The molecule has 24 heavy (non-hydrogen) atoms. The molecule has 1 atom stereocenters. The van der Waals surface area contributed by atoms with Gasteiger partial charge >= 0.3 is 0 Å². The lowest BCUT2D eigenvalue weighted by atomic mass is 10.3. The third-order valence-electron chi connectivity index (χ3n) is 3.32. The summed E-state index contributed by atoms with van der Waals surface area (Å²) < 4.78 is 1.90. The van der Waals surface area contributed by atoms with Gasteiger partial charge in [-0.05, 0) is 36.6 Å². The predicted octanol–water partition coefficient (Wildman–Crippen LogP) is 4.32. The van der Waals surface area contributed by atoms with E-state index in [1.807, 2.05) is 36.1 Å². The van der Waals surface area contributed by atoms with E-state index in [1.54, 1.807) is 35.6 Å². The molecule has 1 amide bonds. The molecule has 0 aliphatic heterocycles. The van der Waals surface area contributed by atoms with Crippen molar-refractivity contribution in [2.45, 2.75) is 17.3 Å². The quantitative estimate of drug-likeness (QED) is 0.672. The number of halogens is 1. The molecule has 2 heterocycles. The highest BCUT2D eigenvalue weighted by Gasteiger charge is 2.19. The lowest BCUT2D eigenvalue weighted by molar-refractivity contribution is -0.115. The Morgan fingerprint density at radius 3 is 2.88 bits per heavy atom. The zero-order valence-electron chi connectivity index (χ0n) is 13.1. The van der Waals surface area contributed by atoms with Gasteiger partial charge in [-0.2, -0.15) is 0 Å². The van der Waals surface area contributed by atoms with Crippen molar-refractivity contribution in [2.24, 2.45) is 7.05 Å². The van der Waals surface area contributed by atoms with Crippen molar-refractivity contribution in [1.29, 1.82) is 0 Å². The molecule has 0 aliphatic rings. The molecule has 3 aromatic rings. The fraction of sp³-hybridized carbons (Fsp3) is 0.188. The molecular formula is C16H15ClN4OS2. The monoisotopic (exact) mass is 378 g/mol. The van der Waals surface area contributed by atoms with E-state index in [0.29, 0.717) is 15.9 Å². The summed E-state index contributed by atoms with van der Waals surface area (Å²) in [6, 6.07) is 11.1. The summed E-state index contributed by atoms with van der Waals surface area (Å²) in [6.07, 6.45) is 0. The van der Waals surface area contributed by atoms with Gasteiger partial charge in [0.05, 0.1) is 10.1 Å². The van der Waals surface area contributed by atoms with Crippen LogP contribution in [0.5, 0.6) is 0 Å². The summed E-state index contributed by atoms with van der Waals surface area (Å²) in [5, 5.41) is 14.2. The highest BCUT2D eigenvalue weighted by molar-refractivity contribution is 8.00. The highest BCUT2D eigenvalue weighted by Crippen LogP contribution is 2.28. The highest BCUT2D eigenvalue weighted by atomic mass is 35.5. The van der Waals surface area contributed by atoms with Crippen molar-refractivity contribution in [1.82, 2.24) is 14.8 Å². The molecule has 2 aromatic heterocycles. The second-order valence-electron chi connectivity index (χ2n) is 5.10. The Morgan fingerprint density at radius 2 is 2.17 bits per heavy atom. The summed E-state index contributed by atoms with van der Waals surface area (Å²) in [5.41, 5.74) is 0.678. The van der Waals surface area contributed by atoms with Crippen LogP contribution in [0.4, 0.5) is 5.69 Å². The van der Waals surface area contributed by atoms with Crippen LogP contribution >= 0.6 is 34.7 Å². The summed E-state index contributed by atoms with van der Waals surface area (Å²) in [7, 11) is 1.90. The molecule has 0 saturated carbocycles. The van der Waals surface area contributed by atoms with Crippen LogP contribution < -0.4 is 5.32 Å². The number of nitrogens with zero attached hydrogens (tertiary/aromatic N) is 3. The lowest BCUT2D eigenvalue weighted by Gasteiger charge is -2.11. The molecule has 0 saturated heterocycles. The smallest absolute Gasteiger partial charge is 0.237 e. The van der Waals surface area contributed by atoms with Crippen LogP contribution in [-0.2, 0) is 11.8 Å².